The molecule has 1 atom stereocenters. The van der Waals surface area contributed by atoms with Gasteiger partial charge in [0.15, 0.2) is 0 Å². The summed E-state index contributed by atoms with van der Waals surface area (Å²) >= 11 is 12.1. The topological polar surface area (TPSA) is 57.1 Å². The first-order valence-corrected chi connectivity index (χ1v) is 10.1. The highest BCUT2D eigenvalue weighted by molar-refractivity contribution is 6.32. The minimum atomic E-state index is -1.32. The van der Waals surface area contributed by atoms with Crippen LogP contribution < -0.4 is 10.3 Å². The molecule has 0 saturated heterocycles. The number of nitrogens with zero attached hydrogens (tertiary/aromatic N) is 3. The summed E-state index contributed by atoms with van der Waals surface area (Å²) in [7, 11) is 0. The summed E-state index contributed by atoms with van der Waals surface area (Å²) in [5.74, 6) is -0.275. The molecule has 2 aliphatic rings. The molecule has 1 unspecified atom stereocenters. The standard InChI is InChI=1S/C23H16Cl2N4O/c1-14-23(22(30)29(28-14)18-12-10-17(25)11-13-18)26-20-5-3-2-4-19(20)21(27-23)15-6-8-16(24)9-7-15/h2-13,26H,1H3. The Balaban J connectivity index is 1.66. The van der Waals surface area contributed by atoms with E-state index in [1.807, 2.05) is 48.5 Å². The zero-order chi connectivity index (χ0) is 20.9. The molecule has 3 aromatic rings. The molecule has 0 bridgehead atoms. The Kier molecular flexibility index (Phi) is 4.38. The molecule has 0 aliphatic carbocycles. The van der Waals surface area contributed by atoms with Crippen molar-refractivity contribution in [1.82, 2.24) is 0 Å². The van der Waals surface area contributed by atoms with Gasteiger partial charge in [-0.2, -0.15) is 10.1 Å². The fourth-order valence-electron chi connectivity index (χ4n) is 3.68. The molecule has 0 saturated carbocycles. The van der Waals surface area contributed by atoms with Crippen LogP contribution >= 0.6 is 23.2 Å². The van der Waals surface area contributed by atoms with E-state index in [0.29, 0.717) is 27.2 Å². The Morgan fingerprint density at radius 3 is 2.23 bits per heavy atom. The molecule has 0 fully saturated rings. The molecule has 2 heterocycles. The quantitative estimate of drug-likeness (QED) is 0.588. The normalized spacial score (nSPS) is 20.0. The second-order valence-electron chi connectivity index (χ2n) is 7.13. The smallest absolute Gasteiger partial charge is 0.302 e. The minimum absolute atomic E-state index is 0.275. The summed E-state index contributed by atoms with van der Waals surface area (Å²) in [6.45, 7) is 1.80. The van der Waals surface area contributed by atoms with Crippen molar-refractivity contribution >= 4 is 51.9 Å². The monoisotopic (exact) mass is 434 g/mol. The number of carbonyl (C=O) groups excluding carboxylic acids is 1. The zero-order valence-electron chi connectivity index (χ0n) is 15.9. The van der Waals surface area contributed by atoms with Gasteiger partial charge in [0.2, 0.25) is 0 Å². The fraction of sp³-hybridized carbons (Fsp3) is 0.0870. The molecule has 1 N–H and O–H groups in total. The first kappa shape index (κ1) is 18.9. The van der Waals surface area contributed by atoms with Crippen molar-refractivity contribution in [3.05, 3.63) is 94.0 Å². The summed E-state index contributed by atoms with van der Waals surface area (Å²) < 4.78 is 0. The van der Waals surface area contributed by atoms with Crippen LogP contribution in [0.5, 0.6) is 0 Å². The fourth-order valence-corrected chi connectivity index (χ4v) is 3.93. The van der Waals surface area contributed by atoms with Crippen molar-refractivity contribution in [1.29, 1.82) is 0 Å². The van der Waals surface area contributed by atoms with E-state index < -0.39 is 5.66 Å². The average molecular weight is 435 g/mol. The third kappa shape index (κ3) is 2.90. The third-order valence-electron chi connectivity index (χ3n) is 5.24. The average Bonchev–Trinajstić information content (AvgIpc) is 2.99. The van der Waals surface area contributed by atoms with Crippen LogP contribution in [-0.2, 0) is 4.79 Å². The Bertz CT molecular complexity index is 1220. The Labute approximate surface area is 183 Å². The van der Waals surface area contributed by atoms with E-state index in [2.05, 4.69) is 10.4 Å². The van der Waals surface area contributed by atoms with Crippen LogP contribution in [0.3, 0.4) is 0 Å². The minimum Gasteiger partial charge on any atom is -0.348 e. The summed E-state index contributed by atoms with van der Waals surface area (Å²) in [6.07, 6.45) is 0. The lowest BCUT2D eigenvalue weighted by Gasteiger charge is -2.33. The maximum absolute atomic E-state index is 13.6. The molecule has 1 amide bonds. The van der Waals surface area contributed by atoms with Crippen molar-refractivity contribution in [2.75, 3.05) is 10.3 Å². The predicted molar refractivity (Wildman–Crippen MR) is 122 cm³/mol. The molecule has 5 nitrogen and oxygen atoms in total. The van der Waals surface area contributed by atoms with Crippen LogP contribution in [0, 0.1) is 0 Å². The number of anilines is 2. The number of nitrogens with one attached hydrogen (secondary N) is 1. The number of benzene rings is 3. The lowest BCUT2D eigenvalue weighted by atomic mass is 9.93. The van der Waals surface area contributed by atoms with Crippen LogP contribution in [0.2, 0.25) is 10.0 Å². The van der Waals surface area contributed by atoms with Gasteiger partial charge in [-0.25, -0.2) is 4.99 Å². The van der Waals surface area contributed by atoms with E-state index in [9.17, 15) is 4.79 Å². The zero-order valence-corrected chi connectivity index (χ0v) is 17.4. The number of carbonyl (C=O) groups is 1. The van der Waals surface area contributed by atoms with Gasteiger partial charge in [0.05, 0.1) is 17.1 Å². The molecule has 5 rings (SSSR count). The Morgan fingerprint density at radius 2 is 1.53 bits per heavy atom. The molecule has 7 heteroatoms. The van der Waals surface area contributed by atoms with Crippen LogP contribution in [0.15, 0.2) is 82.9 Å². The van der Waals surface area contributed by atoms with Crippen LogP contribution in [0.4, 0.5) is 11.4 Å². The van der Waals surface area contributed by atoms with Gasteiger partial charge >= 0.3 is 5.91 Å². The molecule has 2 aliphatic heterocycles. The van der Waals surface area contributed by atoms with Crippen molar-refractivity contribution in [3.8, 4) is 0 Å². The largest absolute Gasteiger partial charge is 0.348 e. The first-order valence-electron chi connectivity index (χ1n) is 9.37. The van der Waals surface area contributed by atoms with Crippen LogP contribution in [0.25, 0.3) is 0 Å². The number of halogens is 2. The van der Waals surface area contributed by atoms with Gasteiger partial charge in [-0.05, 0) is 49.4 Å². The number of hydrazone groups is 1. The van der Waals surface area contributed by atoms with E-state index in [4.69, 9.17) is 28.2 Å². The summed E-state index contributed by atoms with van der Waals surface area (Å²) in [6, 6.07) is 22.2. The van der Waals surface area contributed by atoms with E-state index >= 15 is 0 Å². The highest BCUT2D eigenvalue weighted by atomic mass is 35.5. The Morgan fingerprint density at radius 1 is 0.900 bits per heavy atom. The van der Waals surface area contributed by atoms with Crippen LogP contribution in [0.1, 0.15) is 18.1 Å². The number of hydrogen-bond donors (Lipinski definition) is 1. The first-order chi connectivity index (χ1) is 14.5. The molecule has 0 aromatic heterocycles. The molecular weight excluding hydrogens is 419 g/mol. The highest BCUT2D eigenvalue weighted by Crippen LogP contribution is 2.37. The van der Waals surface area contributed by atoms with Gasteiger partial charge in [0.25, 0.3) is 5.66 Å². The maximum Gasteiger partial charge on any atom is 0.302 e. The molecule has 0 radical (unpaired) electrons. The molecule has 148 valence electrons. The van der Waals surface area contributed by atoms with E-state index in [-0.39, 0.29) is 5.91 Å². The number of rotatable bonds is 2. The van der Waals surface area contributed by atoms with Gasteiger partial charge in [-0.1, -0.05) is 53.5 Å². The lowest BCUT2D eigenvalue weighted by molar-refractivity contribution is -0.120. The maximum atomic E-state index is 13.6. The van der Waals surface area contributed by atoms with Crippen molar-refractivity contribution in [2.45, 2.75) is 12.6 Å². The van der Waals surface area contributed by atoms with Crippen LogP contribution in [-0.4, -0.2) is 23.0 Å². The number of amides is 1. The number of hydrogen-bond acceptors (Lipinski definition) is 4. The van der Waals surface area contributed by atoms with E-state index in [1.165, 1.54) is 5.01 Å². The summed E-state index contributed by atoms with van der Waals surface area (Å²) in [4.78, 5) is 18.5. The number of para-hydroxylation sites is 1. The van der Waals surface area contributed by atoms with Gasteiger partial charge in [-0.15, -0.1) is 0 Å². The van der Waals surface area contributed by atoms with Crippen molar-refractivity contribution in [3.63, 3.8) is 0 Å². The van der Waals surface area contributed by atoms with Gasteiger partial charge in [0.1, 0.15) is 0 Å². The summed E-state index contributed by atoms with van der Waals surface area (Å²) in [5.41, 5.74) is 3.19. The Hall–Kier alpha value is -3.15. The van der Waals surface area contributed by atoms with Crippen molar-refractivity contribution < 1.29 is 4.79 Å². The molecule has 3 aromatic carbocycles. The molecular formula is C23H16Cl2N4O. The number of fused-ring (bicyclic) bond motifs is 1. The van der Waals surface area contributed by atoms with Gasteiger partial charge in [0, 0.05) is 26.9 Å². The number of aliphatic imine (C=N–C) groups is 1. The second-order valence-corrected chi connectivity index (χ2v) is 8.00. The van der Waals surface area contributed by atoms with E-state index in [0.717, 1.165) is 16.8 Å². The third-order valence-corrected chi connectivity index (χ3v) is 5.75. The lowest BCUT2D eigenvalue weighted by Crippen LogP contribution is -2.53. The predicted octanol–water partition coefficient (Wildman–Crippen LogP) is 5.38. The van der Waals surface area contributed by atoms with E-state index in [1.54, 1.807) is 31.2 Å². The SMILES string of the molecule is CC1=NN(c2ccc(Cl)cc2)C(=O)C12N=C(c1ccc(Cl)cc1)c1ccccc1N2. The van der Waals surface area contributed by atoms with Gasteiger partial charge in [-0.3, -0.25) is 4.79 Å². The van der Waals surface area contributed by atoms with Crippen molar-refractivity contribution in [2.24, 2.45) is 10.1 Å². The summed E-state index contributed by atoms with van der Waals surface area (Å²) in [5, 5.41) is 10.5. The molecule has 30 heavy (non-hydrogen) atoms. The molecule has 1 spiro atoms. The highest BCUT2D eigenvalue weighted by Gasteiger charge is 2.52. The van der Waals surface area contributed by atoms with Gasteiger partial charge < -0.3 is 5.32 Å². The second kappa shape index (κ2) is 6.97.